The number of anilines is 1. The van der Waals surface area contributed by atoms with Gasteiger partial charge in [0.05, 0.1) is 11.7 Å². The Morgan fingerprint density at radius 2 is 1.50 bits per heavy atom. The van der Waals surface area contributed by atoms with Gasteiger partial charge in [0.15, 0.2) is 0 Å². The molecule has 1 N–H and O–H groups in total. The number of para-hydroxylation sites is 1. The first-order valence-corrected chi connectivity index (χ1v) is 10.3. The molecule has 0 spiro atoms. The van der Waals surface area contributed by atoms with Gasteiger partial charge in [-0.3, -0.25) is 14.8 Å². The van der Waals surface area contributed by atoms with E-state index >= 15 is 0 Å². The van der Waals surface area contributed by atoms with Gasteiger partial charge in [-0.25, -0.2) is 0 Å². The van der Waals surface area contributed by atoms with Gasteiger partial charge in [-0.2, -0.15) is 5.10 Å². The highest BCUT2D eigenvalue weighted by molar-refractivity contribution is 6.11. The molecule has 2 heterocycles. The number of benzene rings is 3. The molecule has 30 heavy (non-hydrogen) atoms. The number of nitrogens with one attached hydrogen (secondary N) is 1. The van der Waals surface area contributed by atoms with Gasteiger partial charge in [-0.1, -0.05) is 86.6 Å². The van der Waals surface area contributed by atoms with Gasteiger partial charge in [0.25, 0.3) is 5.91 Å². The molecule has 3 aromatic carbocycles. The fourth-order valence-electron chi connectivity index (χ4n) is 4.20. The second kappa shape index (κ2) is 7.30. The van der Waals surface area contributed by atoms with E-state index in [9.17, 15) is 4.79 Å². The van der Waals surface area contributed by atoms with Gasteiger partial charge in [0.1, 0.15) is 5.69 Å². The Labute approximate surface area is 176 Å². The van der Waals surface area contributed by atoms with Crippen molar-refractivity contribution in [3.05, 3.63) is 107 Å². The number of carbonyl (C=O) groups is 1. The molecule has 5 rings (SSSR count). The molecule has 148 valence electrons. The minimum atomic E-state index is -0.231. The van der Waals surface area contributed by atoms with Crippen LogP contribution in [0.2, 0.25) is 0 Å². The van der Waals surface area contributed by atoms with Gasteiger partial charge in [0.2, 0.25) is 0 Å². The van der Waals surface area contributed by atoms with Gasteiger partial charge < -0.3 is 0 Å². The molecule has 1 amide bonds. The maximum absolute atomic E-state index is 13.5. The van der Waals surface area contributed by atoms with Crippen molar-refractivity contribution in [3.8, 4) is 11.3 Å². The third-order valence-corrected chi connectivity index (χ3v) is 5.77. The zero-order valence-corrected chi connectivity index (χ0v) is 17.0. The van der Waals surface area contributed by atoms with Crippen LogP contribution in [-0.2, 0) is 0 Å². The number of H-pyrrole nitrogens is 1. The Balaban J connectivity index is 1.70. The number of amides is 1. The Morgan fingerprint density at radius 1 is 0.867 bits per heavy atom. The molecule has 1 atom stereocenters. The molecule has 4 aromatic rings. The first-order valence-electron chi connectivity index (χ1n) is 10.3. The summed E-state index contributed by atoms with van der Waals surface area (Å²) in [6.07, 6.45) is 0. The molecule has 0 radical (unpaired) electrons. The molecule has 0 saturated carbocycles. The second-order valence-electron chi connectivity index (χ2n) is 7.96. The molecular formula is C26H23N3O. The summed E-state index contributed by atoms with van der Waals surface area (Å²) in [5.41, 5.74) is 6.57. The summed E-state index contributed by atoms with van der Waals surface area (Å²) in [5.74, 6) is 0.405. The SMILES string of the molecule is CC(C)c1ccc(C2c3c(-c4ccccc4)n[nH]c3C(=O)N2c2ccccc2)cc1. The smallest absolute Gasteiger partial charge is 0.277 e. The third-order valence-electron chi connectivity index (χ3n) is 5.77. The van der Waals surface area contributed by atoms with Crippen molar-refractivity contribution in [1.29, 1.82) is 0 Å². The third kappa shape index (κ3) is 2.92. The lowest BCUT2D eigenvalue weighted by molar-refractivity contribution is 0.0989. The standard InChI is InChI=1S/C26H23N3O/c1-17(2)18-13-15-20(16-14-18)25-22-23(19-9-5-3-6-10-19)27-28-24(22)26(30)29(25)21-11-7-4-8-12-21/h3-17,25H,1-2H3,(H,27,28). The molecule has 0 aliphatic carbocycles. The first kappa shape index (κ1) is 18.4. The van der Waals surface area contributed by atoms with Crippen molar-refractivity contribution in [3.63, 3.8) is 0 Å². The average molecular weight is 393 g/mol. The fourth-order valence-corrected chi connectivity index (χ4v) is 4.20. The van der Waals surface area contributed by atoms with E-state index in [0.717, 1.165) is 28.1 Å². The molecule has 1 aromatic heterocycles. The van der Waals surface area contributed by atoms with E-state index in [1.54, 1.807) is 0 Å². The lowest BCUT2D eigenvalue weighted by Gasteiger charge is -2.26. The number of nitrogens with zero attached hydrogens (tertiary/aromatic N) is 2. The van der Waals surface area contributed by atoms with Gasteiger partial charge in [-0.15, -0.1) is 0 Å². The number of fused-ring (bicyclic) bond motifs is 1. The molecule has 1 aliphatic heterocycles. The van der Waals surface area contributed by atoms with Crippen LogP contribution in [0.25, 0.3) is 11.3 Å². The number of carbonyl (C=O) groups excluding carboxylic acids is 1. The number of aromatic amines is 1. The van der Waals surface area contributed by atoms with E-state index in [0.29, 0.717) is 11.6 Å². The van der Waals surface area contributed by atoms with Crippen molar-refractivity contribution in [2.75, 3.05) is 4.90 Å². The quantitative estimate of drug-likeness (QED) is 0.466. The van der Waals surface area contributed by atoms with E-state index in [4.69, 9.17) is 0 Å². The summed E-state index contributed by atoms with van der Waals surface area (Å²) in [6.45, 7) is 4.37. The van der Waals surface area contributed by atoms with Crippen molar-refractivity contribution in [2.45, 2.75) is 25.8 Å². The van der Waals surface area contributed by atoms with Crippen LogP contribution in [0.3, 0.4) is 0 Å². The molecule has 0 fully saturated rings. The second-order valence-corrected chi connectivity index (χ2v) is 7.96. The van der Waals surface area contributed by atoms with Gasteiger partial charge >= 0.3 is 0 Å². The minimum absolute atomic E-state index is 0.0520. The molecule has 4 nitrogen and oxygen atoms in total. The van der Waals surface area contributed by atoms with E-state index in [2.05, 4.69) is 48.3 Å². The predicted molar refractivity (Wildman–Crippen MR) is 120 cm³/mol. The van der Waals surface area contributed by atoms with E-state index < -0.39 is 0 Å². The summed E-state index contributed by atoms with van der Waals surface area (Å²) in [4.78, 5) is 15.3. The van der Waals surface area contributed by atoms with Crippen LogP contribution in [0.1, 0.15) is 53.0 Å². The number of hydrogen-bond donors (Lipinski definition) is 1. The van der Waals surface area contributed by atoms with Crippen molar-refractivity contribution in [2.24, 2.45) is 0 Å². The summed E-state index contributed by atoms with van der Waals surface area (Å²) in [7, 11) is 0. The lowest BCUT2D eigenvalue weighted by atomic mass is 9.93. The Bertz CT molecular complexity index is 1180. The van der Waals surface area contributed by atoms with Crippen LogP contribution in [0.4, 0.5) is 5.69 Å². The highest BCUT2D eigenvalue weighted by Gasteiger charge is 2.42. The zero-order chi connectivity index (χ0) is 20.7. The normalized spacial score (nSPS) is 15.6. The molecule has 1 unspecified atom stereocenters. The number of hydrogen-bond acceptors (Lipinski definition) is 2. The monoisotopic (exact) mass is 393 g/mol. The largest absolute Gasteiger partial charge is 0.295 e. The number of rotatable bonds is 4. The van der Waals surface area contributed by atoms with Crippen LogP contribution in [0.5, 0.6) is 0 Å². The minimum Gasteiger partial charge on any atom is -0.295 e. The van der Waals surface area contributed by atoms with Crippen LogP contribution < -0.4 is 4.90 Å². The van der Waals surface area contributed by atoms with Crippen molar-refractivity contribution >= 4 is 11.6 Å². The highest BCUT2D eigenvalue weighted by atomic mass is 16.2. The van der Waals surface area contributed by atoms with Crippen molar-refractivity contribution in [1.82, 2.24) is 10.2 Å². The summed E-state index contributed by atoms with van der Waals surface area (Å²) in [6, 6.07) is 28.3. The Morgan fingerprint density at radius 3 is 2.13 bits per heavy atom. The molecule has 4 heteroatoms. The van der Waals surface area contributed by atoms with E-state index in [1.165, 1.54) is 5.56 Å². The maximum Gasteiger partial charge on any atom is 0.277 e. The predicted octanol–water partition coefficient (Wildman–Crippen LogP) is 5.95. The van der Waals surface area contributed by atoms with Crippen LogP contribution in [0.15, 0.2) is 84.9 Å². The maximum atomic E-state index is 13.5. The highest BCUT2D eigenvalue weighted by Crippen LogP contribution is 2.45. The summed E-state index contributed by atoms with van der Waals surface area (Å²) < 4.78 is 0. The zero-order valence-electron chi connectivity index (χ0n) is 17.0. The van der Waals surface area contributed by atoms with Crippen LogP contribution in [0, 0.1) is 0 Å². The Hall–Kier alpha value is -3.66. The summed E-state index contributed by atoms with van der Waals surface area (Å²) in [5, 5.41) is 7.56. The Kier molecular flexibility index (Phi) is 4.47. The molecule has 0 saturated heterocycles. The van der Waals surface area contributed by atoms with Crippen LogP contribution in [-0.4, -0.2) is 16.1 Å². The summed E-state index contributed by atoms with van der Waals surface area (Å²) >= 11 is 0. The molecule has 0 bridgehead atoms. The lowest BCUT2D eigenvalue weighted by Crippen LogP contribution is -2.29. The first-order chi connectivity index (χ1) is 14.6. The topological polar surface area (TPSA) is 49.0 Å². The molecule has 1 aliphatic rings. The number of aromatic nitrogens is 2. The van der Waals surface area contributed by atoms with Crippen LogP contribution >= 0.6 is 0 Å². The van der Waals surface area contributed by atoms with E-state index in [-0.39, 0.29) is 11.9 Å². The average Bonchev–Trinajstić information content (AvgIpc) is 3.34. The van der Waals surface area contributed by atoms with E-state index in [1.807, 2.05) is 65.6 Å². The van der Waals surface area contributed by atoms with Gasteiger partial charge in [-0.05, 0) is 29.2 Å². The van der Waals surface area contributed by atoms with Gasteiger partial charge in [0, 0.05) is 16.8 Å². The van der Waals surface area contributed by atoms with Crippen molar-refractivity contribution < 1.29 is 4.79 Å². The molecular weight excluding hydrogens is 370 g/mol. The fraction of sp³-hybridized carbons (Fsp3) is 0.154.